The number of amides is 12. The highest BCUT2D eigenvalue weighted by molar-refractivity contribution is 5.99. The molecule has 2 aliphatic rings. The van der Waals surface area contributed by atoms with E-state index in [0.717, 1.165) is 11.8 Å². The first-order valence-corrected chi connectivity index (χ1v) is 28.7. The van der Waals surface area contributed by atoms with Gasteiger partial charge in [0.2, 0.25) is 59.1 Å². The predicted molar refractivity (Wildman–Crippen MR) is 308 cm³/mol. The van der Waals surface area contributed by atoms with E-state index in [2.05, 4.69) is 58.5 Å². The number of nitrogens with two attached hydrogens (primary N) is 1. The van der Waals surface area contributed by atoms with Crippen LogP contribution in [0, 0.1) is 5.92 Å². The summed E-state index contributed by atoms with van der Waals surface area (Å²) in [6.07, 6.45) is -5.97. The second-order valence-electron chi connectivity index (χ2n) is 23.6. The topological polar surface area (TPSA) is 425 Å². The molecular formula is C56H91N13O16. The van der Waals surface area contributed by atoms with Crippen LogP contribution in [0.1, 0.15) is 127 Å². The van der Waals surface area contributed by atoms with Crippen LogP contribution in [0.5, 0.6) is 0 Å². The molecule has 1 aromatic carbocycles. The van der Waals surface area contributed by atoms with Crippen LogP contribution in [-0.2, 0) is 63.8 Å². The molecule has 1 aromatic rings. The molecule has 11 atom stereocenters. The van der Waals surface area contributed by atoms with Gasteiger partial charge in [-0.1, -0.05) is 44.2 Å². The van der Waals surface area contributed by atoms with Gasteiger partial charge in [-0.05, 0) is 118 Å². The monoisotopic (exact) mass is 1200 g/mol. The molecular weight excluding hydrogens is 1110 g/mol. The SMILES string of the molecule is CC(=O)N[C@H](C(=O)N[C@H]1CCCN([C@H]2CCNC(=O)[C@H]([C@@H](C)O)NC(=O)[C@H](CCN)NC(=O)[C@H](CCNC(=O)OC(C)(C)C)NC(=O)[C@H](CC(C)C)NC(=O)[C@@H](Cc3ccccc3)NC(=O)[C@H](CCNC(=O)OC(C)(C)C)NC2=O)C1=O)[C@@H](C)O. The zero-order chi connectivity index (χ0) is 63.9. The van der Waals surface area contributed by atoms with Crippen molar-refractivity contribution >= 4 is 71.3 Å². The van der Waals surface area contributed by atoms with Crippen LogP contribution in [0.25, 0.3) is 0 Å². The van der Waals surface area contributed by atoms with E-state index >= 15 is 0 Å². The summed E-state index contributed by atoms with van der Waals surface area (Å²) in [6, 6.07) is -5.12. The Morgan fingerprint density at radius 3 is 1.64 bits per heavy atom. The Balaban J connectivity index is 2.26. The number of piperidine rings is 1. The van der Waals surface area contributed by atoms with Gasteiger partial charge in [-0.2, -0.15) is 0 Å². The Bertz CT molecular complexity index is 2490. The molecule has 85 heavy (non-hydrogen) atoms. The lowest BCUT2D eigenvalue weighted by molar-refractivity contribution is -0.147. The number of nitrogens with zero attached hydrogens (tertiary/aromatic N) is 1. The van der Waals surface area contributed by atoms with Crippen LogP contribution in [0.15, 0.2) is 30.3 Å². The van der Waals surface area contributed by atoms with Crippen molar-refractivity contribution in [2.75, 3.05) is 32.7 Å². The Morgan fingerprint density at radius 2 is 1.14 bits per heavy atom. The van der Waals surface area contributed by atoms with Crippen molar-refractivity contribution in [3.05, 3.63) is 35.9 Å². The standard InChI is InChI=1S/C56H91N13O16/c1-30(2)28-39-47(76)63-36(20-24-59-53(82)84-55(6,7)8)44(73)62-35(19-23-57)46(75)68-42(31(3)70)50(79)58-26-22-41(69-27-15-18-38(52(69)81)65-51(80)43(32(4)71)61-33(5)72)49(78)64-37(21-25-60-54(83)85-56(9,10)11)45(74)67-40(48(77)66-39)29-34-16-13-12-14-17-34/h12-14,16-17,30-32,35-43,70-71H,15,18-29,57H2,1-11H3,(H,58,79)(H,59,82)(H,60,83)(H,61,72)(H,62,73)(H,63,76)(H,64,78)(H,65,80)(H,66,77)(H,67,74)(H,68,75)/t31-,32-,35+,36+,37+,38+,39+,40-,41+,42+,43+/m1/s1. The predicted octanol–water partition coefficient (Wildman–Crippen LogP) is -2.38. The highest BCUT2D eigenvalue weighted by atomic mass is 16.6. The molecule has 12 amide bonds. The van der Waals surface area contributed by atoms with Gasteiger partial charge in [-0.3, -0.25) is 47.9 Å². The number of ether oxygens (including phenoxy) is 2. The summed E-state index contributed by atoms with van der Waals surface area (Å²) in [5.74, 6) is -9.30. The summed E-state index contributed by atoms with van der Waals surface area (Å²) in [6.45, 7) is 15.6. The third kappa shape index (κ3) is 25.2. The van der Waals surface area contributed by atoms with Crippen molar-refractivity contribution in [1.82, 2.24) is 63.4 Å². The Morgan fingerprint density at radius 1 is 0.659 bits per heavy atom. The van der Waals surface area contributed by atoms with Crippen LogP contribution in [0.3, 0.4) is 0 Å². The van der Waals surface area contributed by atoms with Gasteiger partial charge in [0.25, 0.3) is 0 Å². The maximum absolute atomic E-state index is 15.0. The molecule has 29 heteroatoms. The summed E-state index contributed by atoms with van der Waals surface area (Å²) >= 11 is 0. The van der Waals surface area contributed by atoms with E-state index in [4.69, 9.17) is 15.2 Å². The fraction of sp³-hybridized carbons (Fsp3) is 0.679. The van der Waals surface area contributed by atoms with Gasteiger partial charge in [-0.15, -0.1) is 0 Å². The molecule has 0 unspecified atom stereocenters. The zero-order valence-corrected chi connectivity index (χ0v) is 50.6. The van der Waals surface area contributed by atoms with Crippen molar-refractivity contribution in [3.8, 4) is 0 Å². The van der Waals surface area contributed by atoms with Gasteiger partial charge in [0.15, 0.2) is 0 Å². The second-order valence-corrected chi connectivity index (χ2v) is 23.6. The van der Waals surface area contributed by atoms with Crippen LogP contribution < -0.4 is 64.2 Å². The first kappa shape index (κ1) is 71.6. The summed E-state index contributed by atoms with van der Waals surface area (Å²) < 4.78 is 10.7. The van der Waals surface area contributed by atoms with Crippen molar-refractivity contribution in [1.29, 1.82) is 0 Å². The summed E-state index contributed by atoms with van der Waals surface area (Å²) in [4.78, 5) is 168. The third-order valence-electron chi connectivity index (χ3n) is 13.2. The van der Waals surface area contributed by atoms with Crippen LogP contribution in [-0.4, -0.2) is 197 Å². The van der Waals surface area contributed by atoms with Gasteiger partial charge in [-0.25, -0.2) is 9.59 Å². The van der Waals surface area contributed by atoms with E-state index in [1.54, 1.807) is 85.7 Å². The molecule has 0 radical (unpaired) electrons. The number of likely N-dealkylation sites (tertiary alicyclic amines) is 1. The normalized spacial score (nSPS) is 24.1. The highest BCUT2D eigenvalue weighted by Crippen LogP contribution is 2.19. The van der Waals surface area contributed by atoms with Gasteiger partial charge in [0.05, 0.1) is 12.2 Å². The number of alkyl carbamates (subject to hydrolysis) is 2. The van der Waals surface area contributed by atoms with Crippen LogP contribution in [0.4, 0.5) is 9.59 Å². The molecule has 0 bridgehead atoms. The highest BCUT2D eigenvalue weighted by Gasteiger charge is 2.41. The molecule has 3 rings (SSSR count). The number of hydrogen-bond donors (Lipinski definition) is 14. The summed E-state index contributed by atoms with van der Waals surface area (Å²) in [5.41, 5.74) is 4.61. The minimum atomic E-state index is -1.72. The summed E-state index contributed by atoms with van der Waals surface area (Å²) in [5, 5.41) is 49.5. The zero-order valence-electron chi connectivity index (χ0n) is 50.6. The fourth-order valence-corrected chi connectivity index (χ4v) is 9.12. The maximum Gasteiger partial charge on any atom is 0.407 e. The van der Waals surface area contributed by atoms with E-state index in [9.17, 15) is 67.7 Å². The third-order valence-corrected chi connectivity index (χ3v) is 13.2. The number of hydrogen-bond acceptors (Lipinski definition) is 17. The average molecular weight is 1200 g/mol. The minimum Gasteiger partial charge on any atom is -0.444 e. The smallest absolute Gasteiger partial charge is 0.407 e. The molecule has 2 fully saturated rings. The van der Waals surface area contributed by atoms with E-state index in [1.807, 2.05) is 0 Å². The molecule has 2 aliphatic heterocycles. The van der Waals surface area contributed by atoms with Gasteiger partial charge in [0, 0.05) is 39.5 Å². The van der Waals surface area contributed by atoms with E-state index < -0.39 is 162 Å². The molecule has 29 nitrogen and oxygen atoms in total. The molecule has 15 N–H and O–H groups in total. The van der Waals surface area contributed by atoms with Crippen molar-refractivity contribution in [2.24, 2.45) is 11.7 Å². The quantitative estimate of drug-likeness (QED) is 0.0730. The number of aliphatic hydroxyl groups is 2. The number of carbonyl (C=O) groups is 12. The Labute approximate surface area is 496 Å². The fourth-order valence-electron chi connectivity index (χ4n) is 9.12. The van der Waals surface area contributed by atoms with E-state index in [0.29, 0.717) is 5.56 Å². The van der Waals surface area contributed by atoms with Crippen molar-refractivity contribution in [3.63, 3.8) is 0 Å². The molecule has 0 saturated carbocycles. The van der Waals surface area contributed by atoms with Gasteiger partial charge in [0.1, 0.15) is 65.6 Å². The molecule has 2 saturated heterocycles. The van der Waals surface area contributed by atoms with Crippen molar-refractivity contribution in [2.45, 2.75) is 205 Å². The summed E-state index contributed by atoms with van der Waals surface area (Å²) in [7, 11) is 0. The number of aliphatic hydroxyl groups excluding tert-OH is 2. The van der Waals surface area contributed by atoms with Gasteiger partial charge >= 0.3 is 12.2 Å². The molecule has 0 aliphatic carbocycles. The first-order valence-electron chi connectivity index (χ1n) is 28.7. The number of nitrogens with one attached hydrogen (secondary N) is 11. The molecule has 476 valence electrons. The van der Waals surface area contributed by atoms with E-state index in [1.165, 1.54) is 13.8 Å². The van der Waals surface area contributed by atoms with Crippen LogP contribution >= 0.6 is 0 Å². The first-order chi connectivity index (χ1) is 39.7. The Hall–Kier alpha value is -7.66. The van der Waals surface area contributed by atoms with E-state index in [-0.39, 0.29) is 77.0 Å². The lowest BCUT2D eigenvalue weighted by Crippen LogP contribution is -2.63. The number of carbonyl (C=O) groups excluding carboxylic acids is 12. The van der Waals surface area contributed by atoms with Crippen LogP contribution in [0.2, 0.25) is 0 Å². The number of rotatable bonds is 18. The minimum absolute atomic E-state index is 0.0261. The lowest BCUT2D eigenvalue weighted by Gasteiger charge is -2.38. The molecule has 0 aromatic heterocycles. The lowest BCUT2D eigenvalue weighted by atomic mass is 9.99. The Kier molecular flexibility index (Phi) is 28.4. The average Bonchev–Trinajstić information content (AvgIpc) is 3.50. The molecule has 2 heterocycles. The largest absolute Gasteiger partial charge is 0.444 e. The molecule has 0 spiro atoms. The maximum atomic E-state index is 15.0. The van der Waals surface area contributed by atoms with Gasteiger partial charge < -0.3 is 88.8 Å². The number of benzene rings is 1. The second kappa shape index (κ2) is 33.7. The van der Waals surface area contributed by atoms with Crippen molar-refractivity contribution < 1.29 is 77.2 Å².